The second-order valence-electron chi connectivity index (χ2n) is 4.51. The third-order valence-electron chi connectivity index (χ3n) is 3.35. The number of aliphatic hydroxyl groups is 1. The first kappa shape index (κ1) is 19.8. The molecule has 0 aliphatic rings. The summed E-state index contributed by atoms with van der Waals surface area (Å²) in [5, 5.41) is 21.3. The molecule has 0 aliphatic heterocycles. The molecular formula is C12H19N3O7. The number of carboxylic acid groups (broad SMARTS) is 1. The topological polar surface area (TPSA) is 159 Å². The maximum absolute atomic E-state index is 11.9. The van der Waals surface area contributed by atoms with E-state index in [-0.39, 0.29) is 19.4 Å². The third kappa shape index (κ3) is 5.68. The minimum atomic E-state index is -1.52. The zero-order chi connectivity index (χ0) is 17.2. The van der Waals surface area contributed by atoms with Crippen LogP contribution in [0.15, 0.2) is 5.11 Å². The molecule has 0 bridgehead atoms. The van der Waals surface area contributed by atoms with Crippen molar-refractivity contribution in [2.75, 3.05) is 27.4 Å². The molecule has 2 N–H and O–H groups in total. The summed E-state index contributed by atoms with van der Waals surface area (Å²) >= 11 is 0. The molecule has 0 aliphatic carbocycles. The van der Waals surface area contributed by atoms with Crippen LogP contribution in [-0.2, 0) is 23.9 Å². The van der Waals surface area contributed by atoms with Gasteiger partial charge in [0, 0.05) is 18.4 Å². The van der Waals surface area contributed by atoms with Crippen molar-refractivity contribution in [3.63, 3.8) is 0 Å². The van der Waals surface area contributed by atoms with Crippen LogP contribution in [-0.4, -0.2) is 60.9 Å². The van der Waals surface area contributed by atoms with E-state index in [2.05, 4.69) is 14.8 Å². The number of ketones is 1. The number of carbonyl (C=O) groups excluding carboxylic acids is 2. The average Bonchev–Trinajstić information content (AvgIpc) is 2.52. The average molecular weight is 317 g/mol. The fraction of sp³-hybridized carbons (Fsp3) is 0.750. The molecule has 124 valence electrons. The van der Waals surface area contributed by atoms with Gasteiger partial charge in [-0.05, 0) is 12.0 Å². The molecule has 0 aromatic heterocycles. The van der Waals surface area contributed by atoms with Gasteiger partial charge in [0.05, 0.1) is 31.6 Å². The molecule has 0 saturated heterocycles. The second kappa shape index (κ2) is 9.72. The van der Waals surface area contributed by atoms with Crippen LogP contribution >= 0.6 is 0 Å². The number of carbonyl (C=O) groups is 3. The Labute approximate surface area is 126 Å². The standard InChI is InChI=1S/C12H19N3O7/c1-21-11(20)3-4-12(22-2,7-14-15-13)8(5-10(18)19)9(17)6-16/h8,16H,3-7H2,1-2H3,(H,18,19). The number of aliphatic hydroxyl groups excluding tert-OH is 1. The van der Waals surface area contributed by atoms with Gasteiger partial charge in [-0.3, -0.25) is 14.4 Å². The SMILES string of the molecule is COC(=O)CCC(CN=[N+]=[N-])(OC)C(CC(=O)O)C(=O)CO. The number of carboxylic acids is 1. The Balaban J connectivity index is 5.60. The van der Waals surface area contributed by atoms with E-state index < -0.39 is 42.3 Å². The van der Waals surface area contributed by atoms with Gasteiger partial charge in [-0.2, -0.15) is 0 Å². The highest BCUT2D eigenvalue weighted by Gasteiger charge is 2.43. The molecule has 0 amide bonds. The molecular weight excluding hydrogens is 298 g/mol. The van der Waals surface area contributed by atoms with Gasteiger partial charge in [0.2, 0.25) is 0 Å². The maximum Gasteiger partial charge on any atom is 0.305 e. The van der Waals surface area contributed by atoms with E-state index >= 15 is 0 Å². The molecule has 10 nitrogen and oxygen atoms in total. The number of azide groups is 1. The molecule has 0 fully saturated rings. The molecule has 0 aromatic carbocycles. The van der Waals surface area contributed by atoms with Gasteiger partial charge in [-0.1, -0.05) is 5.11 Å². The lowest BCUT2D eigenvalue weighted by Gasteiger charge is -2.37. The summed E-state index contributed by atoms with van der Waals surface area (Å²) in [5.74, 6) is -3.92. The molecule has 0 aromatic rings. The van der Waals surface area contributed by atoms with E-state index in [1.807, 2.05) is 0 Å². The molecule has 2 unspecified atom stereocenters. The van der Waals surface area contributed by atoms with E-state index in [1.165, 1.54) is 14.2 Å². The summed E-state index contributed by atoms with van der Waals surface area (Å²) in [6.07, 6.45) is -0.894. The third-order valence-corrected chi connectivity index (χ3v) is 3.35. The zero-order valence-corrected chi connectivity index (χ0v) is 12.4. The van der Waals surface area contributed by atoms with E-state index in [0.29, 0.717) is 0 Å². The molecule has 2 atom stereocenters. The van der Waals surface area contributed by atoms with Crippen LogP contribution in [0.3, 0.4) is 0 Å². The Morgan fingerprint density at radius 2 is 2.00 bits per heavy atom. The number of hydrogen-bond acceptors (Lipinski definition) is 7. The van der Waals surface area contributed by atoms with Crippen molar-refractivity contribution in [1.82, 2.24) is 0 Å². The molecule has 0 radical (unpaired) electrons. The maximum atomic E-state index is 11.9. The van der Waals surface area contributed by atoms with Gasteiger partial charge in [0.25, 0.3) is 0 Å². The van der Waals surface area contributed by atoms with Crippen molar-refractivity contribution in [2.45, 2.75) is 24.9 Å². The number of nitrogens with zero attached hydrogens (tertiary/aromatic N) is 3. The normalized spacial score (nSPS) is 14.3. The monoisotopic (exact) mass is 317 g/mol. The van der Waals surface area contributed by atoms with Crippen molar-refractivity contribution >= 4 is 17.7 Å². The molecule has 0 saturated carbocycles. The molecule has 0 heterocycles. The summed E-state index contributed by atoms with van der Waals surface area (Å²) in [7, 11) is 2.39. The number of methoxy groups -OCH3 is 2. The van der Waals surface area contributed by atoms with Gasteiger partial charge in [0.15, 0.2) is 5.78 Å². The first-order chi connectivity index (χ1) is 10.4. The van der Waals surface area contributed by atoms with Gasteiger partial charge >= 0.3 is 11.9 Å². The Hall–Kier alpha value is -2.16. The Kier molecular flexibility index (Phi) is 8.76. The first-order valence-electron chi connectivity index (χ1n) is 6.35. The van der Waals surface area contributed by atoms with Gasteiger partial charge < -0.3 is 19.7 Å². The van der Waals surface area contributed by atoms with Crippen LogP contribution in [0.2, 0.25) is 0 Å². The highest BCUT2D eigenvalue weighted by atomic mass is 16.5. The van der Waals surface area contributed by atoms with E-state index in [0.717, 1.165) is 0 Å². The Morgan fingerprint density at radius 1 is 1.36 bits per heavy atom. The number of esters is 1. The summed E-state index contributed by atoms with van der Waals surface area (Å²) in [4.78, 5) is 36.7. The quantitative estimate of drug-likeness (QED) is 0.239. The smallest absolute Gasteiger partial charge is 0.305 e. The van der Waals surface area contributed by atoms with E-state index in [4.69, 9.17) is 20.5 Å². The van der Waals surface area contributed by atoms with Crippen LogP contribution < -0.4 is 0 Å². The first-order valence-corrected chi connectivity index (χ1v) is 6.35. The summed E-state index contributed by atoms with van der Waals surface area (Å²) in [6, 6.07) is 0. The van der Waals surface area contributed by atoms with Crippen molar-refractivity contribution in [3.8, 4) is 0 Å². The summed E-state index contributed by atoms with van der Waals surface area (Å²) < 4.78 is 9.75. The summed E-state index contributed by atoms with van der Waals surface area (Å²) in [5.41, 5.74) is 6.95. The largest absolute Gasteiger partial charge is 0.481 e. The van der Waals surface area contributed by atoms with Gasteiger partial charge in [-0.15, -0.1) is 0 Å². The number of rotatable bonds is 11. The minimum absolute atomic E-state index is 0.0983. The predicted octanol–water partition coefficient (Wildman–Crippen LogP) is 0.287. The van der Waals surface area contributed by atoms with Crippen LogP contribution in [0.5, 0.6) is 0 Å². The van der Waals surface area contributed by atoms with E-state index in [9.17, 15) is 14.4 Å². The number of ether oxygens (including phenoxy) is 2. The van der Waals surface area contributed by atoms with Crippen molar-refractivity contribution in [3.05, 3.63) is 10.4 Å². The number of Topliss-reactive ketones (excluding diaryl/α,β-unsaturated/α-hetero) is 1. The highest BCUT2D eigenvalue weighted by Crippen LogP contribution is 2.31. The lowest BCUT2D eigenvalue weighted by Crippen LogP contribution is -2.49. The van der Waals surface area contributed by atoms with E-state index in [1.54, 1.807) is 0 Å². The fourth-order valence-electron chi connectivity index (χ4n) is 2.12. The molecule has 0 spiro atoms. The van der Waals surface area contributed by atoms with Crippen molar-refractivity contribution in [1.29, 1.82) is 0 Å². The summed E-state index contributed by atoms with van der Waals surface area (Å²) in [6.45, 7) is -1.25. The fourth-order valence-corrected chi connectivity index (χ4v) is 2.12. The number of aliphatic carboxylic acids is 1. The van der Waals surface area contributed by atoms with Crippen LogP contribution in [0, 0.1) is 5.92 Å². The Bertz CT molecular complexity index is 462. The van der Waals surface area contributed by atoms with Crippen molar-refractivity contribution in [2.24, 2.45) is 11.0 Å². The molecule has 10 heteroatoms. The number of hydrogen-bond donors (Lipinski definition) is 2. The van der Waals surface area contributed by atoms with Crippen molar-refractivity contribution < 1.29 is 34.1 Å². The van der Waals surface area contributed by atoms with Crippen LogP contribution in [0.25, 0.3) is 10.4 Å². The lowest BCUT2D eigenvalue weighted by atomic mass is 9.78. The Morgan fingerprint density at radius 3 is 2.41 bits per heavy atom. The predicted molar refractivity (Wildman–Crippen MR) is 72.8 cm³/mol. The zero-order valence-electron chi connectivity index (χ0n) is 12.4. The minimum Gasteiger partial charge on any atom is -0.481 e. The van der Waals surface area contributed by atoms with Gasteiger partial charge in [-0.25, -0.2) is 0 Å². The molecule has 22 heavy (non-hydrogen) atoms. The lowest BCUT2D eigenvalue weighted by molar-refractivity contribution is -0.153. The molecule has 0 rings (SSSR count). The van der Waals surface area contributed by atoms with Crippen LogP contribution in [0.1, 0.15) is 19.3 Å². The second-order valence-corrected chi connectivity index (χ2v) is 4.51. The highest BCUT2D eigenvalue weighted by molar-refractivity contribution is 5.87. The van der Waals surface area contributed by atoms with Gasteiger partial charge in [0.1, 0.15) is 6.61 Å². The van der Waals surface area contributed by atoms with Crippen LogP contribution in [0.4, 0.5) is 0 Å².